The average molecular weight is 389 g/mol. The molecule has 0 amide bonds. The summed E-state index contributed by atoms with van der Waals surface area (Å²) in [6.45, 7) is 8.01. The zero-order chi connectivity index (χ0) is 20.7. The van der Waals surface area contributed by atoms with E-state index in [0.717, 1.165) is 29.2 Å². The van der Waals surface area contributed by atoms with E-state index in [1.807, 2.05) is 19.1 Å². The molecule has 0 saturated heterocycles. The fourth-order valence-electron chi connectivity index (χ4n) is 3.39. The highest BCUT2D eigenvalue weighted by Gasteiger charge is 2.21. The molecule has 2 aromatic carbocycles. The van der Waals surface area contributed by atoms with Crippen LogP contribution in [0.2, 0.25) is 0 Å². The Morgan fingerprint density at radius 3 is 2.21 bits per heavy atom. The number of hydrogen-bond acceptors (Lipinski definition) is 3. The molecule has 2 aromatic rings. The smallest absolute Gasteiger partial charge is 0.162 e. The van der Waals surface area contributed by atoms with Gasteiger partial charge in [-0.25, -0.2) is 0 Å². The number of nitrogens with two attached hydrogens (primary N) is 1. The van der Waals surface area contributed by atoms with E-state index in [9.17, 15) is 5.11 Å². The summed E-state index contributed by atoms with van der Waals surface area (Å²) in [6.07, 6.45) is -0.506. The van der Waals surface area contributed by atoms with E-state index in [2.05, 4.69) is 57.5 Å². The van der Waals surface area contributed by atoms with Crippen molar-refractivity contribution in [2.75, 3.05) is 40.9 Å². The minimum absolute atomic E-state index is 0.309. The second-order valence-electron chi connectivity index (χ2n) is 7.78. The van der Waals surface area contributed by atoms with Crippen molar-refractivity contribution in [1.29, 1.82) is 0 Å². The van der Waals surface area contributed by atoms with Gasteiger partial charge in [-0.2, -0.15) is 0 Å². The van der Waals surface area contributed by atoms with Crippen LogP contribution in [-0.2, 0) is 0 Å². The van der Waals surface area contributed by atoms with Gasteiger partial charge in [0.1, 0.15) is 37.3 Å². The summed E-state index contributed by atoms with van der Waals surface area (Å²) in [5.74, 6) is 1.77. The number of ether oxygens (including phenoxy) is 2. The molecule has 0 aliphatic rings. The van der Waals surface area contributed by atoms with Crippen LogP contribution in [0, 0.1) is 20.8 Å². The van der Waals surface area contributed by atoms with Crippen LogP contribution in [0.4, 0.5) is 0 Å². The van der Waals surface area contributed by atoms with Gasteiger partial charge >= 0.3 is 0 Å². The van der Waals surface area contributed by atoms with Crippen LogP contribution < -0.4 is 19.7 Å². The monoisotopic (exact) mass is 388 g/mol. The number of rotatable bonds is 10. The molecule has 0 fully saturated rings. The molecule has 0 unspecified atom stereocenters. The zero-order valence-corrected chi connectivity index (χ0v) is 18.1. The van der Waals surface area contributed by atoms with Gasteiger partial charge in [0.05, 0.1) is 21.2 Å². The molecule has 5 heteroatoms. The lowest BCUT2D eigenvalue weighted by Crippen LogP contribution is -3.09. The standard InChI is InChI=1S/C23H34N2O3/c1-16-7-8-17(2)23(18(16)3)28-15-20(26)13-24-14-22(25(4)5)19-9-11-21(27-6)12-10-19/h7-12,20,22,24,26H,13-15H2,1-6H3/p+2/t20-,22+/m1/s1. The summed E-state index contributed by atoms with van der Waals surface area (Å²) >= 11 is 0. The third-order valence-electron chi connectivity index (χ3n) is 5.35. The van der Waals surface area contributed by atoms with Crippen molar-refractivity contribution in [3.8, 4) is 11.5 Å². The predicted octanol–water partition coefficient (Wildman–Crippen LogP) is 0.809. The highest BCUT2D eigenvalue weighted by atomic mass is 16.5. The van der Waals surface area contributed by atoms with Gasteiger partial charge in [0.25, 0.3) is 0 Å². The van der Waals surface area contributed by atoms with E-state index in [4.69, 9.17) is 9.47 Å². The van der Waals surface area contributed by atoms with Crippen LogP contribution in [0.25, 0.3) is 0 Å². The first-order valence-electron chi connectivity index (χ1n) is 9.96. The molecule has 0 radical (unpaired) electrons. The fraction of sp³-hybridized carbons (Fsp3) is 0.478. The summed E-state index contributed by atoms with van der Waals surface area (Å²) < 4.78 is 11.2. The van der Waals surface area contributed by atoms with Gasteiger partial charge < -0.3 is 24.8 Å². The van der Waals surface area contributed by atoms with Gasteiger partial charge in [-0.3, -0.25) is 0 Å². The van der Waals surface area contributed by atoms with E-state index in [1.54, 1.807) is 7.11 Å². The topological polar surface area (TPSA) is 59.7 Å². The molecular weight excluding hydrogens is 352 g/mol. The Morgan fingerprint density at radius 1 is 0.964 bits per heavy atom. The Balaban J connectivity index is 1.86. The van der Waals surface area contributed by atoms with Crippen LogP contribution in [-0.4, -0.2) is 52.1 Å². The fourth-order valence-corrected chi connectivity index (χ4v) is 3.39. The maximum Gasteiger partial charge on any atom is 0.162 e. The molecule has 0 aliphatic carbocycles. The minimum Gasteiger partial charge on any atom is -0.497 e. The Morgan fingerprint density at radius 2 is 1.61 bits per heavy atom. The highest BCUT2D eigenvalue weighted by molar-refractivity contribution is 5.44. The highest BCUT2D eigenvalue weighted by Crippen LogP contribution is 2.25. The van der Waals surface area contributed by atoms with Crippen LogP contribution in [0.15, 0.2) is 36.4 Å². The largest absolute Gasteiger partial charge is 0.497 e. The number of aliphatic hydroxyl groups is 1. The third kappa shape index (κ3) is 5.96. The number of likely N-dealkylation sites (N-methyl/N-ethyl adjacent to an activating group) is 1. The molecule has 0 spiro atoms. The lowest BCUT2D eigenvalue weighted by molar-refractivity contribution is -0.909. The summed E-state index contributed by atoms with van der Waals surface area (Å²) in [7, 11) is 6.00. The Kier molecular flexibility index (Phi) is 8.30. The predicted molar refractivity (Wildman–Crippen MR) is 112 cm³/mol. The van der Waals surface area contributed by atoms with E-state index in [-0.39, 0.29) is 0 Å². The van der Waals surface area contributed by atoms with Crippen LogP contribution >= 0.6 is 0 Å². The Hall–Kier alpha value is -2.08. The van der Waals surface area contributed by atoms with Gasteiger partial charge in [-0.15, -0.1) is 0 Å². The van der Waals surface area contributed by atoms with Crippen molar-refractivity contribution in [3.05, 3.63) is 58.7 Å². The van der Waals surface area contributed by atoms with Crippen LogP contribution in [0.1, 0.15) is 28.3 Å². The second-order valence-corrected chi connectivity index (χ2v) is 7.78. The number of hydrogen-bond donors (Lipinski definition) is 3. The van der Waals surface area contributed by atoms with E-state index >= 15 is 0 Å². The molecule has 0 saturated carbocycles. The Labute approximate surface area is 169 Å². The summed E-state index contributed by atoms with van der Waals surface area (Å²) in [5, 5.41) is 12.5. The third-order valence-corrected chi connectivity index (χ3v) is 5.35. The first-order valence-corrected chi connectivity index (χ1v) is 9.96. The molecule has 2 rings (SSSR count). The van der Waals surface area contributed by atoms with Gasteiger partial charge in [0.15, 0.2) is 6.04 Å². The maximum absolute atomic E-state index is 10.4. The van der Waals surface area contributed by atoms with Crippen LogP contribution in [0.5, 0.6) is 11.5 Å². The van der Waals surface area contributed by atoms with Crippen LogP contribution in [0.3, 0.4) is 0 Å². The van der Waals surface area contributed by atoms with Gasteiger partial charge in [-0.1, -0.05) is 12.1 Å². The molecule has 2 atom stereocenters. The summed E-state index contributed by atoms with van der Waals surface area (Å²) in [5.41, 5.74) is 4.73. The van der Waals surface area contributed by atoms with Crippen molar-refractivity contribution in [2.24, 2.45) is 0 Å². The second kappa shape index (κ2) is 10.5. The summed E-state index contributed by atoms with van der Waals surface area (Å²) in [4.78, 5) is 1.36. The van der Waals surface area contributed by atoms with E-state index in [1.165, 1.54) is 16.0 Å². The van der Waals surface area contributed by atoms with Gasteiger partial charge in [0, 0.05) is 5.56 Å². The molecule has 0 heterocycles. The van der Waals surface area contributed by atoms with Gasteiger partial charge in [0.2, 0.25) is 0 Å². The van der Waals surface area contributed by atoms with Crippen molar-refractivity contribution in [1.82, 2.24) is 0 Å². The molecule has 4 N–H and O–H groups in total. The van der Waals surface area contributed by atoms with Crippen molar-refractivity contribution in [3.63, 3.8) is 0 Å². The molecular formula is C23H36N2O3+2. The lowest BCUT2D eigenvalue weighted by atomic mass is 10.1. The summed E-state index contributed by atoms with van der Waals surface area (Å²) in [6, 6.07) is 12.8. The first-order chi connectivity index (χ1) is 13.3. The molecule has 0 aromatic heterocycles. The SMILES string of the molecule is COc1ccc([C@H](C[NH2+]C[C@@H](O)COc2c(C)ccc(C)c2C)[NH+](C)C)cc1. The number of methoxy groups -OCH3 is 1. The van der Waals surface area contributed by atoms with Crippen molar-refractivity contribution >= 4 is 0 Å². The lowest BCUT2D eigenvalue weighted by Gasteiger charge is -2.21. The first kappa shape index (κ1) is 22.2. The number of quaternary nitrogens is 2. The molecule has 0 aliphatic heterocycles. The molecule has 28 heavy (non-hydrogen) atoms. The average Bonchev–Trinajstić information content (AvgIpc) is 2.68. The van der Waals surface area contributed by atoms with E-state index in [0.29, 0.717) is 19.2 Å². The Bertz CT molecular complexity index is 744. The van der Waals surface area contributed by atoms with E-state index < -0.39 is 6.10 Å². The number of aliphatic hydroxyl groups excluding tert-OH is 1. The minimum atomic E-state index is -0.506. The molecule has 0 bridgehead atoms. The zero-order valence-electron chi connectivity index (χ0n) is 18.1. The van der Waals surface area contributed by atoms with Gasteiger partial charge in [-0.05, 0) is 61.7 Å². The number of nitrogens with one attached hydrogen (secondary N) is 1. The maximum atomic E-state index is 10.4. The van der Waals surface area contributed by atoms with Crippen molar-refractivity contribution < 1.29 is 24.8 Å². The number of benzene rings is 2. The normalized spacial score (nSPS) is 13.4. The van der Waals surface area contributed by atoms with Crippen molar-refractivity contribution in [2.45, 2.75) is 32.9 Å². The quantitative estimate of drug-likeness (QED) is 0.565. The number of aryl methyl sites for hydroxylation is 2. The molecule has 154 valence electrons. The molecule has 5 nitrogen and oxygen atoms in total.